The van der Waals surface area contributed by atoms with E-state index in [1.54, 1.807) is 22.9 Å². The fraction of sp³-hybridized carbons (Fsp3) is 0.125. The minimum atomic E-state index is -0.734. The third kappa shape index (κ3) is 3.09. The molecule has 0 saturated heterocycles. The largest absolute Gasteiger partial charge is 0.859 e. The van der Waals surface area contributed by atoms with E-state index in [2.05, 4.69) is 0 Å². The van der Waals surface area contributed by atoms with E-state index in [9.17, 15) is 5.11 Å². The molecule has 1 rings (SSSR count). The molecule has 0 atom stereocenters. The summed E-state index contributed by atoms with van der Waals surface area (Å²) in [7, 11) is 0. The first-order chi connectivity index (χ1) is 5.74. The maximum absolute atomic E-state index is 10.6. The summed E-state index contributed by atoms with van der Waals surface area (Å²) >= 11 is 0. The molecule has 0 aliphatic carbocycles. The van der Waals surface area contributed by atoms with Crippen LogP contribution in [0.4, 0.5) is 0 Å². The van der Waals surface area contributed by atoms with Crippen molar-refractivity contribution in [1.29, 1.82) is 10.7 Å². The van der Waals surface area contributed by atoms with Crippen LogP contribution in [0.3, 0.4) is 0 Å². The standard InChI is InChI=1S/C8H7N3O.ClH/c9-3-5-11-4-1-2-7(6-11)8(10)12;/h1-2,4,6H,5H2,(H-,10,12);1H. The van der Waals surface area contributed by atoms with Crippen LogP contribution in [-0.4, -0.2) is 5.90 Å². The minimum Gasteiger partial charge on any atom is -0.859 e. The molecule has 1 N–H and O–H groups in total. The molecule has 1 aromatic rings. The van der Waals surface area contributed by atoms with Gasteiger partial charge in [-0.15, -0.1) is 12.4 Å². The first kappa shape index (κ1) is 11.4. The summed E-state index contributed by atoms with van der Waals surface area (Å²) in [5.74, 6) is -0.734. The van der Waals surface area contributed by atoms with Crippen LogP contribution >= 0.6 is 12.4 Å². The van der Waals surface area contributed by atoms with E-state index in [0.29, 0.717) is 5.56 Å². The maximum Gasteiger partial charge on any atom is 0.233 e. The van der Waals surface area contributed by atoms with Crippen LogP contribution in [0.5, 0.6) is 0 Å². The Kier molecular flexibility index (Phi) is 4.49. The van der Waals surface area contributed by atoms with Crippen molar-refractivity contribution in [2.24, 2.45) is 0 Å². The molecule has 1 aromatic heterocycles. The molecule has 0 aliphatic rings. The Labute approximate surface area is 82.0 Å². The number of rotatable bonds is 2. The van der Waals surface area contributed by atoms with Crippen LogP contribution in [0.25, 0.3) is 0 Å². The molecule has 0 aliphatic heterocycles. The first-order valence-corrected chi connectivity index (χ1v) is 3.36. The second-order valence-electron chi connectivity index (χ2n) is 2.25. The van der Waals surface area contributed by atoms with E-state index in [-0.39, 0.29) is 19.0 Å². The molecule has 13 heavy (non-hydrogen) atoms. The Morgan fingerprint density at radius 1 is 1.69 bits per heavy atom. The highest BCUT2D eigenvalue weighted by Crippen LogP contribution is 1.90. The molecule has 0 amide bonds. The highest BCUT2D eigenvalue weighted by atomic mass is 35.5. The Hall–Kier alpha value is -1.60. The number of hydrogen-bond acceptors (Lipinski definition) is 3. The zero-order valence-electron chi connectivity index (χ0n) is 6.73. The van der Waals surface area contributed by atoms with Crippen molar-refractivity contribution in [3.05, 3.63) is 30.1 Å². The predicted molar refractivity (Wildman–Crippen MR) is 46.3 cm³/mol. The second kappa shape index (κ2) is 5.12. The fourth-order valence-electron chi connectivity index (χ4n) is 0.836. The zero-order chi connectivity index (χ0) is 8.97. The van der Waals surface area contributed by atoms with Gasteiger partial charge in [-0.3, -0.25) is 0 Å². The van der Waals surface area contributed by atoms with Crippen molar-refractivity contribution < 1.29 is 9.67 Å². The summed E-state index contributed by atoms with van der Waals surface area (Å²) in [4.78, 5) is 0. The number of hydrogen-bond donors (Lipinski definition) is 1. The molecule has 0 fully saturated rings. The summed E-state index contributed by atoms with van der Waals surface area (Å²) in [5, 5.41) is 25.7. The number of nitrogens with zero attached hydrogens (tertiary/aromatic N) is 2. The maximum atomic E-state index is 10.6. The lowest BCUT2D eigenvalue weighted by molar-refractivity contribution is -0.685. The van der Waals surface area contributed by atoms with Crippen LogP contribution in [0.1, 0.15) is 5.56 Å². The van der Waals surface area contributed by atoms with Crippen LogP contribution in [0.2, 0.25) is 0 Å². The Bertz CT molecular complexity index is 345. The van der Waals surface area contributed by atoms with Gasteiger partial charge in [0, 0.05) is 11.6 Å². The highest BCUT2D eigenvalue weighted by molar-refractivity contribution is 5.87. The first-order valence-electron chi connectivity index (χ1n) is 3.36. The van der Waals surface area contributed by atoms with Gasteiger partial charge in [-0.25, -0.2) is 0 Å². The molecule has 0 unspecified atom stereocenters. The predicted octanol–water partition coefficient (Wildman–Crippen LogP) is -0.395. The lowest BCUT2D eigenvalue weighted by Gasteiger charge is -2.03. The lowest BCUT2D eigenvalue weighted by Crippen LogP contribution is -2.34. The molecule has 4 nitrogen and oxygen atoms in total. The topological polar surface area (TPSA) is 74.6 Å². The van der Waals surface area contributed by atoms with E-state index < -0.39 is 5.90 Å². The second-order valence-corrected chi connectivity index (χ2v) is 2.25. The molecule has 0 bridgehead atoms. The average molecular weight is 198 g/mol. The van der Waals surface area contributed by atoms with Crippen LogP contribution < -0.4 is 9.67 Å². The molecular formula is C8H8ClN3O. The van der Waals surface area contributed by atoms with Gasteiger partial charge in [0.25, 0.3) is 0 Å². The molecule has 0 aromatic carbocycles. The van der Waals surface area contributed by atoms with Gasteiger partial charge < -0.3 is 10.5 Å². The highest BCUT2D eigenvalue weighted by Gasteiger charge is 1.99. The van der Waals surface area contributed by atoms with Gasteiger partial charge in [0.2, 0.25) is 6.54 Å². The van der Waals surface area contributed by atoms with Gasteiger partial charge in [0.05, 0.1) is 0 Å². The van der Waals surface area contributed by atoms with Crippen molar-refractivity contribution in [1.82, 2.24) is 0 Å². The summed E-state index contributed by atoms with van der Waals surface area (Å²) in [6.45, 7) is 0.196. The van der Waals surface area contributed by atoms with Crippen molar-refractivity contribution in [3.8, 4) is 6.07 Å². The number of aromatic nitrogens is 1. The summed E-state index contributed by atoms with van der Waals surface area (Å²) < 4.78 is 1.56. The lowest BCUT2D eigenvalue weighted by atomic mass is 10.3. The third-order valence-corrected chi connectivity index (χ3v) is 1.37. The van der Waals surface area contributed by atoms with Gasteiger partial charge in [-0.05, 0) is 12.0 Å². The van der Waals surface area contributed by atoms with Gasteiger partial charge in [0.1, 0.15) is 6.07 Å². The smallest absolute Gasteiger partial charge is 0.233 e. The van der Waals surface area contributed by atoms with Gasteiger partial charge >= 0.3 is 0 Å². The van der Waals surface area contributed by atoms with Gasteiger partial charge in [-0.2, -0.15) is 9.83 Å². The van der Waals surface area contributed by atoms with E-state index in [1.165, 1.54) is 6.20 Å². The number of pyridine rings is 1. The Morgan fingerprint density at radius 3 is 2.92 bits per heavy atom. The number of nitrogens with one attached hydrogen (secondary N) is 1. The Morgan fingerprint density at radius 2 is 2.38 bits per heavy atom. The summed E-state index contributed by atoms with van der Waals surface area (Å²) in [5.41, 5.74) is 0.299. The quantitative estimate of drug-likeness (QED) is 0.398. The molecule has 0 spiro atoms. The summed E-state index contributed by atoms with van der Waals surface area (Å²) in [6.07, 6.45) is 3.16. The van der Waals surface area contributed by atoms with Crippen molar-refractivity contribution >= 4 is 18.3 Å². The normalized spacial score (nSPS) is 8.23. The summed E-state index contributed by atoms with van der Waals surface area (Å²) in [6, 6.07) is 5.12. The molecule has 0 radical (unpaired) electrons. The van der Waals surface area contributed by atoms with E-state index in [4.69, 9.17) is 10.7 Å². The van der Waals surface area contributed by atoms with Crippen LogP contribution in [0, 0.1) is 16.7 Å². The van der Waals surface area contributed by atoms with E-state index >= 15 is 0 Å². The Balaban J connectivity index is 0.00000144. The van der Waals surface area contributed by atoms with Crippen molar-refractivity contribution in [2.45, 2.75) is 6.54 Å². The molecule has 1 heterocycles. The average Bonchev–Trinajstić information content (AvgIpc) is 2.05. The fourth-order valence-corrected chi connectivity index (χ4v) is 0.836. The van der Waals surface area contributed by atoms with E-state index in [0.717, 1.165) is 0 Å². The van der Waals surface area contributed by atoms with Crippen molar-refractivity contribution in [3.63, 3.8) is 0 Å². The van der Waals surface area contributed by atoms with Crippen LogP contribution in [-0.2, 0) is 6.54 Å². The zero-order valence-corrected chi connectivity index (χ0v) is 7.54. The van der Waals surface area contributed by atoms with Crippen LogP contribution in [0.15, 0.2) is 24.5 Å². The minimum absolute atomic E-state index is 0. The molecule has 0 saturated carbocycles. The number of nitriles is 1. The molecule has 68 valence electrons. The molecule has 5 heteroatoms. The number of halogens is 1. The van der Waals surface area contributed by atoms with Gasteiger partial charge in [-0.1, -0.05) is 0 Å². The monoisotopic (exact) mass is 197 g/mol. The third-order valence-electron chi connectivity index (χ3n) is 1.37. The molecular weight excluding hydrogens is 190 g/mol. The van der Waals surface area contributed by atoms with Crippen molar-refractivity contribution in [2.75, 3.05) is 0 Å². The SMILES string of the molecule is Cl.N#CC[n+]1cccc(C(=N)[O-])c1. The van der Waals surface area contributed by atoms with Gasteiger partial charge in [0.15, 0.2) is 12.4 Å². The van der Waals surface area contributed by atoms with E-state index in [1.807, 2.05) is 6.07 Å².